The van der Waals surface area contributed by atoms with Crippen molar-refractivity contribution in [2.75, 3.05) is 0 Å². The van der Waals surface area contributed by atoms with Gasteiger partial charge in [-0.05, 0) is 56.7 Å². The molecule has 0 bridgehead atoms. The van der Waals surface area contributed by atoms with Gasteiger partial charge in [-0.3, -0.25) is 4.79 Å². The summed E-state index contributed by atoms with van der Waals surface area (Å²) in [4.78, 5) is 12.4. The zero-order valence-electron chi connectivity index (χ0n) is 11.0. The molecule has 1 aliphatic carbocycles. The van der Waals surface area contributed by atoms with E-state index < -0.39 is 0 Å². The number of hydrogen-bond acceptors (Lipinski definition) is 2. The van der Waals surface area contributed by atoms with Crippen LogP contribution in [0.25, 0.3) is 0 Å². The van der Waals surface area contributed by atoms with Crippen LogP contribution < -0.4 is 5.73 Å². The molecule has 0 amide bonds. The Morgan fingerprint density at radius 2 is 1.83 bits per heavy atom. The Bertz CT molecular complexity index is 439. The van der Waals surface area contributed by atoms with Crippen molar-refractivity contribution in [2.24, 2.45) is 11.7 Å². The van der Waals surface area contributed by atoms with Crippen LogP contribution in [0.2, 0.25) is 0 Å². The second-order valence-electron chi connectivity index (χ2n) is 5.41. The van der Waals surface area contributed by atoms with Gasteiger partial charge in [-0.15, -0.1) is 0 Å². The van der Waals surface area contributed by atoms with E-state index >= 15 is 0 Å². The first-order valence-corrected chi connectivity index (χ1v) is 6.55. The minimum atomic E-state index is -0.382. The highest BCUT2D eigenvalue weighted by atomic mass is 19.1. The lowest BCUT2D eigenvalue weighted by Gasteiger charge is -2.25. The Balaban J connectivity index is 2.24. The summed E-state index contributed by atoms with van der Waals surface area (Å²) in [7, 11) is 0. The summed E-state index contributed by atoms with van der Waals surface area (Å²) >= 11 is 0. The molecule has 0 spiro atoms. The molecule has 0 heterocycles. The quantitative estimate of drug-likeness (QED) is 0.818. The van der Waals surface area contributed by atoms with Crippen LogP contribution in [-0.4, -0.2) is 11.8 Å². The van der Waals surface area contributed by atoms with Crippen molar-refractivity contribution in [1.82, 2.24) is 0 Å². The van der Waals surface area contributed by atoms with Gasteiger partial charge < -0.3 is 5.73 Å². The fourth-order valence-electron chi connectivity index (χ4n) is 2.81. The van der Waals surface area contributed by atoms with Gasteiger partial charge in [0.05, 0.1) is 5.56 Å². The summed E-state index contributed by atoms with van der Waals surface area (Å²) in [6.45, 7) is 3.64. The molecule has 0 radical (unpaired) electrons. The zero-order chi connectivity index (χ0) is 13.3. The molecule has 1 aromatic rings. The molecule has 0 aliphatic heterocycles. The van der Waals surface area contributed by atoms with Crippen LogP contribution >= 0.6 is 0 Å². The van der Waals surface area contributed by atoms with Crippen molar-refractivity contribution in [3.05, 3.63) is 34.6 Å². The van der Waals surface area contributed by atoms with Crippen LogP contribution in [0, 0.1) is 25.6 Å². The van der Waals surface area contributed by atoms with Crippen molar-refractivity contribution in [2.45, 2.75) is 45.6 Å². The van der Waals surface area contributed by atoms with Gasteiger partial charge in [0.2, 0.25) is 0 Å². The molecule has 3 heteroatoms. The van der Waals surface area contributed by atoms with Crippen LogP contribution in [0.4, 0.5) is 4.39 Å². The van der Waals surface area contributed by atoms with Crippen LogP contribution in [-0.2, 0) is 0 Å². The number of halogens is 1. The zero-order valence-corrected chi connectivity index (χ0v) is 11.0. The first-order valence-electron chi connectivity index (χ1n) is 6.55. The van der Waals surface area contributed by atoms with Crippen LogP contribution in [0.3, 0.4) is 0 Å². The minimum absolute atomic E-state index is 0.0445. The van der Waals surface area contributed by atoms with Crippen LogP contribution in [0.5, 0.6) is 0 Å². The third-order valence-electron chi connectivity index (χ3n) is 3.82. The first kappa shape index (κ1) is 13.2. The third-order valence-corrected chi connectivity index (χ3v) is 3.82. The molecule has 0 unspecified atom stereocenters. The number of ketones is 1. The number of rotatable bonds is 2. The summed E-state index contributed by atoms with van der Waals surface area (Å²) in [5.74, 6) is -0.482. The van der Waals surface area contributed by atoms with Gasteiger partial charge in [0.15, 0.2) is 5.78 Å². The first-order chi connectivity index (χ1) is 8.49. The number of carbonyl (C=O) groups excluding carboxylic acids is 1. The molecule has 1 fully saturated rings. The van der Waals surface area contributed by atoms with Crippen LogP contribution in [0.1, 0.15) is 47.2 Å². The van der Waals surface area contributed by atoms with Gasteiger partial charge in [-0.2, -0.15) is 0 Å². The van der Waals surface area contributed by atoms with E-state index in [9.17, 15) is 9.18 Å². The van der Waals surface area contributed by atoms with Gasteiger partial charge in [-0.1, -0.05) is 6.07 Å². The maximum absolute atomic E-state index is 13.9. The highest BCUT2D eigenvalue weighted by molar-refractivity contribution is 5.99. The van der Waals surface area contributed by atoms with E-state index in [0.29, 0.717) is 0 Å². The van der Waals surface area contributed by atoms with E-state index in [4.69, 9.17) is 5.73 Å². The molecule has 0 saturated heterocycles. The molecule has 98 valence electrons. The number of hydrogen-bond donors (Lipinski definition) is 1. The van der Waals surface area contributed by atoms with E-state index in [-0.39, 0.29) is 29.1 Å². The molecular formula is C15H20FNO. The second kappa shape index (κ2) is 5.19. The number of aryl methyl sites for hydroxylation is 2. The van der Waals surface area contributed by atoms with E-state index in [1.165, 1.54) is 6.07 Å². The summed E-state index contributed by atoms with van der Waals surface area (Å²) in [6.07, 6.45) is 3.30. The third kappa shape index (κ3) is 2.61. The molecule has 1 aromatic carbocycles. The monoisotopic (exact) mass is 249 g/mol. The molecule has 2 N–H and O–H groups in total. The van der Waals surface area contributed by atoms with Gasteiger partial charge >= 0.3 is 0 Å². The fraction of sp³-hybridized carbons (Fsp3) is 0.533. The van der Waals surface area contributed by atoms with Crippen molar-refractivity contribution >= 4 is 5.78 Å². The predicted octanol–water partition coefficient (Wildman–Crippen LogP) is 3.14. The molecule has 18 heavy (non-hydrogen) atoms. The van der Waals surface area contributed by atoms with E-state index in [0.717, 1.165) is 36.8 Å². The summed E-state index contributed by atoms with van der Waals surface area (Å²) in [5.41, 5.74) is 7.71. The van der Waals surface area contributed by atoms with E-state index in [1.54, 1.807) is 6.92 Å². The highest BCUT2D eigenvalue weighted by Crippen LogP contribution is 2.29. The summed E-state index contributed by atoms with van der Waals surface area (Å²) in [5, 5.41) is 0. The minimum Gasteiger partial charge on any atom is -0.328 e. The van der Waals surface area contributed by atoms with Crippen molar-refractivity contribution in [1.29, 1.82) is 0 Å². The molecule has 0 atom stereocenters. The standard InChI is InChI=1S/C15H20FNO/c1-9-7-10(2)14(13(16)8-9)15(18)11-3-5-12(17)6-4-11/h7-8,11-12H,3-6,17H2,1-2H3. The molecular weight excluding hydrogens is 229 g/mol. The normalized spacial score (nSPS) is 24.0. The number of nitrogens with two attached hydrogens (primary N) is 1. The Morgan fingerprint density at radius 1 is 1.22 bits per heavy atom. The molecule has 0 aromatic heterocycles. The average Bonchev–Trinajstić information content (AvgIpc) is 2.28. The van der Waals surface area contributed by atoms with Gasteiger partial charge in [0.1, 0.15) is 5.82 Å². The van der Waals surface area contributed by atoms with E-state index in [2.05, 4.69) is 0 Å². The topological polar surface area (TPSA) is 43.1 Å². The summed E-state index contributed by atoms with van der Waals surface area (Å²) in [6, 6.07) is 3.51. The SMILES string of the molecule is Cc1cc(C)c(C(=O)C2CCC(N)CC2)c(F)c1. The molecule has 2 rings (SSSR count). The second-order valence-corrected chi connectivity index (χ2v) is 5.41. The molecule has 2 nitrogen and oxygen atoms in total. The van der Waals surface area contributed by atoms with Crippen molar-refractivity contribution in [3.63, 3.8) is 0 Å². The Morgan fingerprint density at radius 3 is 2.39 bits per heavy atom. The Kier molecular flexibility index (Phi) is 3.81. The maximum atomic E-state index is 13.9. The predicted molar refractivity (Wildman–Crippen MR) is 70.1 cm³/mol. The fourth-order valence-corrected chi connectivity index (χ4v) is 2.81. The van der Waals surface area contributed by atoms with Crippen molar-refractivity contribution in [3.8, 4) is 0 Å². The summed E-state index contributed by atoms with van der Waals surface area (Å²) < 4.78 is 13.9. The smallest absolute Gasteiger partial charge is 0.169 e. The molecule has 1 aliphatic rings. The van der Waals surface area contributed by atoms with E-state index in [1.807, 2.05) is 13.0 Å². The lowest BCUT2D eigenvalue weighted by molar-refractivity contribution is 0.0880. The Labute approximate surface area is 107 Å². The number of Topliss-reactive ketones (excluding diaryl/α,β-unsaturated/α-hetero) is 1. The van der Waals surface area contributed by atoms with Gasteiger partial charge in [0.25, 0.3) is 0 Å². The number of carbonyl (C=O) groups is 1. The average molecular weight is 249 g/mol. The Hall–Kier alpha value is -1.22. The van der Waals surface area contributed by atoms with Crippen LogP contribution in [0.15, 0.2) is 12.1 Å². The number of benzene rings is 1. The van der Waals surface area contributed by atoms with Crippen molar-refractivity contribution < 1.29 is 9.18 Å². The largest absolute Gasteiger partial charge is 0.328 e. The lowest BCUT2D eigenvalue weighted by Crippen LogP contribution is -2.30. The van der Waals surface area contributed by atoms with Gasteiger partial charge in [-0.25, -0.2) is 4.39 Å². The molecule has 1 saturated carbocycles. The lowest BCUT2D eigenvalue weighted by atomic mass is 9.81. The van der Waals surface area contributed by atoms with Gasteiger partial charge in [0, 0.05) is 12.0 Å². The highest BCUT2D eigenvalue weighted by Gasteiger charge is 2.28. The maximum Gasteiger partial charge on any atom is 0.169 e.